The largest absolute Gasteiger partial charge is 0.389 e. The van der Waals surface area contributed by atoms with E-state index in [-0.39, 0.29) is 0 Å². The van der Waals surface area contributed by atoms with Gasteiger partial charge in [0.15, 0.2) is 0 Å². The van der Waals surface area contributed by atoms with Gasteiger partial charge in [-0.1, -0.05) is 29.9 Å². The molecule has 0 aliphatic carbocycles. The van der Waals surface area contributed by atoms with Gasteiger partial charge >= 0.3 is 0 Å². The van der Waals surface area contributed by atoms with Gasteiger partial charge in [-0.05, 0) is 31.2 Å². The summed E-state index contributed by atoms with van der Waals surface area (Å²) in [6.45, 7) is 2.84. The van der Waals surface area contributed by atoms with Crippen molar-refractivity contribution in [1.82, 2.24) is 0 Å². The first-order valence-corrected chi connectivity index (χ1v) is 7.05. The monoisotopic (exact) mass is 296 g/mol. The van der Waals surface area contributed by atoms with Gasteiger partial charge in [0.2, 0.25) is 0 Å². The van der Waals surface area contributed by atoms with Gasteiger partial charge in [-0.2, -0.15) is 0 Å². The second-order valence-electron chi connectivity index (χ2n) is 3.89. The zero-order valence-electron chi connectivity index (χ0n) is 9.87. The van der Waals surface area contributed by atoms with E-state index in [1.165, 1.54) is 9.75 Å². The van der Waals surface area contributed by atoms with E-state index in [2.05, 4.69) is 24.4 Å². The van der Waals surface area contributed by atoms with Gasteiger partial charge in [0.1, 0.15) is 4.99 Å². The average Bonchev–Trinajstić information content (AvgIpc) is 2.72. The number of hydrogen-bond acceptors (Lipinski definition) is 3. The zero-order valence-corrected chi connectivity index (χ0v) is 12.3. The van der Waals surface area contributed by atoms with Crippen LogP contribution in [-0.2, 0) is 6.54 Å². The second kappa shape index (κ2) is 5.69. The number of aryl methyl sites for hydroxylation is 1. The third-order valence-electron chi connectivity index (χ3n) is 2.51. The molecule has 0 radical (unpaired) electrons. The van der Waals surface area contributed by atoms with Crippen LogP contribution in [-0.4, -0.2) is 4.99 Å². The van der Waals surface area contributed by atoms with Gasteiger partial charge in [0.25, 0.3) is 0 Å². The van der Waals surface area contributed by atoms with E-state index >= 15 is 0 Å². The fourth-order valence-corrected chi connectivity index (χ4v) is 3.07. The van der Waals surface area contributed by atoms with Crippen molar-refractivity contribution in [3.63, 3.8) is 0 Å². The van der Waals surface area contributed by atoms with Crippen molar-refractivity contribution in [2.75, 3.05) is 5.32 Å². The molecule has 0 unspecified atom stereocenters. The summed E-state index contributed by atoms with van der Waals surface area (Å²) in [5.74, 6) is 0. The SMILES string of the molecule is Cc1ccc(CNc2cccc(Cl)c2C(N)=S)s1. The summed E-state index contributed by atoms with van der Waals surface area (Å²) >= 11 is 12.9. The lowest BCUT2D eigenvalue weighted by atomic mass is 10.1. The summed E-state index contributed by atoms with van der Waals surface area (Å²) in [7, 11) is 0. The van der Waals surface area contributed by atoms with Crippen LogP contribution in [0.2, 0.25) is 5.02 Å². The molecule has 94 valence electrons. The Bertz CT molecular complexity index is 578. The molecule has 2 rings (SSSR count). The maximum Gasteiger partial charge on any atom is 0.107 e. The molecular formula is C13H13ClN2S2. The van der Waals surface area contributed by atoms with Crippen LogP contribution in [0.25, 0.3) is 0 Å². The predicted octanol–water partition coefficient (Wildman–Crippen LogP) is 3.96. The molecule has 2 nitrogen and oxygen atoms in total. The van der Waals surface area contributed by atoms with E-state index in [0.29, 0.717) is 15.6 Å². The minimum atomic E-state index is 0.311. The lowest BCUT2D eigenvalue weighted by Crippen LogP contribution is -2.13. The van der Waals surface area contributed by atoms with Crippen molar-refractivity contribution in [2.45, 2.75) is 13.5 Å². The van der Waals surface area contributed by atoms with E-state index in [1.54, 1.807) is 17.4 Å². The van der Waals surface area contributed by atoms with E-state index < -0.39 is 0 Å². The summed E-state index contributed by atoms with van der Waals surface area (Å²) in [6, 6.07) is 9.82. The molecule has 5 heteroatoms. The van der Waals surface area contributed by atoms with Crippen molar-refractivity contribution in [3.8, 4) is 0 Å². The van der Waals surface area contributed by atoms with Gasteiger partial charge < -0.3 is 11.1 Å². The van der Waals surface area contributed by atoms with Crippen molar-refractivity contribution in [1.29, 1.82) is 0 Å². The van der Waals surface area contributed by atoms with Crippen molar-refractivity contribution >= 4 is 45.8 Å². The molecule has 2 aromatic rings. The first-order chi connectivity index (χ1) is 8.58. The van der Waals surface area contributed by atoms with Crippen molar-refractivity contribution < 1.29 is 0 Å². The molecule has 1 aromatic carbocycles. The molecule has 0 bridgehead atoms. The first kappa shape index (κ1) is 13.3. The second-order valence-corrected chi connectivity index (χ2v) is 6.11. The molecule has 0 atom stereocenters. The first-order valence-electron chi connectivity index (χ1n) is 5.45. The number of benzene rings is 1. The molecule has 0 amide bonds. The molecule has 0 fully saturated rings. The Balaban J connectivity index is 2.19. The maximum absolute atomic E-state index is 6.11. The fraction of sp³-hybridized carbons (Fsp3) is 0.154. The summed E-state index contributed by atoms with van der Waals surface area (Å²) in [4.78, 5) is 2.87. The Morgan fingerprint density at radius 2 is 2.17 bits per heavy atom. The Hall–Kier alpha value is -1.10. The van der Waals surface area contributed by atoms with Crippen LogP contribution in [0.15, 0.2) is 30.3 Å². The number of halogens is 1. The molecule has 0 saturated heterocycles. The Kier molecular flexibility index (Phi) is 4.22. The Labute approximate surface area is 121 Å². The van der Waals surface area contributed by atoms with Crippen LogP contribution >= 0.6 is 35.2 Å². The number of hydrogen-bond donors (Lipinski definition) is 2. The summed E-state index contributed by atoms with van der Waals surface area (Å²) in [6.07, 6.45) is 0. The number of thiophene rings is 1. The highest BCUT2D eigenvalue weighted by atomic mass is 35.5. The molecule has 0 saturated carbocycles. The number of nitrogens with one attached hydrogen (secondary N) is 1. The highest BCUT2D eigenvalue weighted by molar-refractivity contribution is 7.80. The van der Waals surface area contributed by atoms with E-state index in [1.807, 2.05) is 12.1 Å². The molecular weight excluding hydrogens is 284 g/mol. The van der Waals surface area contributed by atoms with Crippen LogP contribution in [0.3, 0.4) is 0 Å². The molecule has 0 spiro atoms. The molecule has 18 heavy (non-hydrogen) atoms. The molecule has 3 N–H and O–H groups in total. The minimum absolute atomic E-state index is 0.311. The Morgan fingerprint density at radius 3 is 2.78 bits per heavy atom. The smallest absolute Gasteiger partial charge is 0.107 e. The molecule has 1 aromatic heterocycles. The van der Waals surface area contributed by atoms with Gasteiger partial charge in [0.05, 0.1) is 10.6 Å². The van der Waals surface area contributed by atoms with Crippen molar-refractivity contribution in [3.05, 3.63) is 50.7 Å². The van der Waals surface area contributed by atoms with E-state index in [4.69, 9.17) is 29.6 Å². The molecule has 0 aliphatic rings. The van der Waals surface area contributed by atoms with Crippen LogP contribution in [0.1, 0.15) is 15.3 Å². The van der Waals surface area contributed by atoms with Crippen molar-refractivity contribution in [2.24, 2.45) is 5.73 Å². The number of nitrogens with two attached hydrogens (primary N) is 1. The van der Waals surface area contributed by atoms with Gasteiger partial charge in [0, 0.05) is 22.0 Å². The number of thiocarbonyl (C=S) groups is 1. The van der Waals surface area contributed by atoms with Gasteiger partial charge in [-0.15, -0.1) is 11.3 Å². The lowest BCUT2D eigenvalue weighted by molar-refractivity contribution is 1.19. The third-order valence-corrected chi connectivity index (χ3v) is 4.03. The quantitative estimate of drug-likeness (QED) is 0.839. The van der Waals surface area contributed by atoms with E-state index in [9.17, 15) is 0 Å². The Morgan fingerprint density at radius 1 is 1.39 bits per heavy atom. The lowest BCUT2D eigenvalue weighted by Gasteiger charge is -2.11. The summed E-state index contributed by atoms with van der Waals surface area (Å²) < 4.78 is 0. The van der Waals surface area contributed by atoms with Gasteiger partial charge in [-0.3, -0.25) is 0 Å². The van der Waals surface area contributed by atoms with Crippen LogP contribution < -0.4 is 11.1 Å². The minimum Gasteiger partial charge on any atom is -0.389 e. The zero-order chi connectivity index (χ0) is 13.1. The summed E-state index contributed by atoms with van der Waals surface area (Å²) in [5, 5.41) is 3.90. The van der Waals surface area contributed by atoms with Crippen LogP contribution in [0.4, 0.5) is 5.69 Å². The fourth-order valence-electron chi connectivity index (χ4n) is 1.68. The topological polar surface area (TPSA) is 38.0 Å². The number of rotatable bonds is 4. The van der Waals surface area contributed by atoms with Crippen LogP contribution in [0, 0.1) is 6.92 Å². The summed E-state index contributed by atoms with van der Waals surface area (Å²) in [5.41, 5.74) is 7.28. The van der Waals surface area contributed by atoms with E-state index in [0.717, 1.165) is 12.2 Å². The molecule has 0 aliphatic heterocycles. The van der Waals surface area contributed by atoms with Crippen LogP contribution in [0.5, 0.6) is 0 Å². The highest BCUT2D eigenvalue weighted by Gasteiger charge is 2.09. The maximum atomic E-state index is 6.11. The van der Waals surface area contributed by atoms with Gasteiger partial charge in [-0.25, -0.2) is 0 Å². The average molecular weight is 297 g/mol. The predicted molar refractivity (Wildman–Crippen MR) is 83.7 cm³/mol. The standard InChI is InChI=1S/C13H13ClN2S2/c1-8-5-6-9(18-8)7-16-11-4-2-3-10(14)12(11)13(15)17/h2-6,16H,7H2,1H3,(H2,15,17). The number of anilines is 1. The third kappa shape index (κ3) is 3.02. The highest BCUT2D eigenvalue weighted by Crippen LogP contribution is 2.25. The normalized spacial score (nSPS) is 10.3. The molecule has 1 heterocycles.